The summed E-state index contributed by atoms with van der Waals surface area (Å²) in [6.07, 6.45) is 6.19. The van der Waals surface area contributed by atoms with E-state index in [0.29, 0.717) is 11.7 Å². The van der Waals surface area contributed by atoms with Crippen LogP contribution >= 0.6 is 11.6 Å². The van der Waals surface area contributed by atoms with Crippen LogP contribution in [0.2, 0.25) is 5.15 Å². The maximum absolute atomic E-state index is 11.0. The lowest BCUT2D eigenvalue weighted by molar-refractivity contribution is -0.384. The van der Waals surface area contributed by atoms with Gasteiger partial charge in [-0.1, -0.05) is 30.9 Å². The first kappa shape index (κ1) is 14.1. The minimum atomic E-state index is -0.407. The van der Waals surface area contributed by atoms with Crippen LogP contribution < -0.4 is 4.90 Å². The topological polar surface area (TPSA) is 59.3 Å². The number of anilines is 1. The predicted octanol–water partition coefficient (Wildman–Crippen LogP) is 3.66. The first-order valence-corrected chi connectivity index (χ1v) is 6.98. The van der Waals surface area contributed by atoms with Crippen LogP contribution in [0.25, 0.3) is 0 Å². The maximum Gasteiger partial charge on any atom is 0.311 e. The van der Waals surface area contributed by atoms with E-state index < -0.39 is 4.92 Å². The average molecular weight is 284 g/mol. The van der Waals surface area contributed by atoms with Crippen LogP contribution in [-0.4, -0.2) is 23.5 Å². The summed E-state index contributed by atoms with van der Waals surface area (Å²) in [7, 11) is 1.85. The highest BCUT2D eigenvalue weighted by atomic mass is 35.5. The van der Waals surface area contributed by atoms with Crippen LogP contribution in [0.15, 0.2) is 12.1 Å². The van der Waals surface area contributed by atoms with Gasteiger partial charge in [-0.3, -0.25) is 10.1 Å². The van der Waals surface area contributed by atoms with Crippen molar-refractivity contribution in [3.8, 4) is 0 Å². The largest absolute Gasteiger partial charge is 0.354 e. The minimum Gasteiger partial charge on any atom is -0.354 e. The summed E-state index contributed by atoms with van der Waals surface area (Å²) in [4.78, 5) is 16.6. The van der Waals surface area contributed by atoms with Gasteiger partial charge in [0.05, 0.1) is 4.92 Å². The van der Waals surface area contributed by atoms with Crippen molar-refractivity contribution < 1.29 is 4.92 Å². The number of pyridine rings is 1. The van der Waals surface area contributed by atoms with E-state index in [2.05, 4.69) is 4.98 Å². The summed E-state index contributed by atoms with van der Waals surface area (Å²) in [5.41, 5.74) is 0.0164. The molecular formula is C13H18ClN3O2. The number of nitro groups is 1. The normalized spacial score (nSPS) is 16.3. The summed E-state index contributed by atoms with van der Waals surface area (Å²) in [6, 6.07) is 2.87. The van der Waals surface area contributed by atoms with Gasteiger partial charge in [0, 0.05) is 19.7 Å². The fourth-order valence-electron chi connectivity index (χ4n) is 2.68. The van der Waals surface area contributed by atoms with Crippen LogP contribution in [0.4, 0.5) is 11.5 Å². The van der Waals surface area contributed by atoms with Gasteiger partial charge >= 0.3 is 5.69 Å². The summed E-state index contributed by atoms with van der Waals surface area (Å²) < 4.78 is 0. The quantitative estimate of drug-likeness (QED) is 0.481. The number of halogens is 1. The fraction of sp³-hybridized carbons (Fsp3) is 0.615. The molecule has 0 amide bonds. The Morgan fingerprint density at radius 1 is 1.42 bits per heavy atom. The molecule has 1 saturated carbocycles. The van der Waals surface area contributed by atoms with Crippen LogP contribution in [0.5, 0.6) is 0 Å². The Morgan fingerprint density at radius 2 is 2.11 bits per heavy atom. The molecule has 0 radical (unpaired) electrons. The first-order valence-electron chi connectivity index (χ1n) is 6.60. The molecule has 1 aromatic heterocycles. The van der Waals surface area contributed by atoms with E-state index in [-0.39, 0.29) is 10.8 Å². The summed E-state index contributed by atoms with van der Waals surface area (Å²) in [5.74, 6) is 0.960. The fourth-order valence-corrected chi connectivity index (χ4v) is 2.83. The molecule has 0 bridgehead atoms. The molecule has 0 aromatic carbocycles. The molecule has 1 aromatic rings. The van der Waals surface area contributed by atoms with Gasteiger partial charge in [0.25, 0.3) is 0 Å². The molecule has 104 valence electrons. The molecule has 0 aliphatic heterocycles. The zero-order valence-electron chi connectivity index (χ0n) is 11.0. The summed E-state index contributed by atoms with van der Waals surface area (Å²) >= 11 is 5.85. The molecule has 0 N–H and O–H groups in total. The molecule has 0 spiro atoms. The third-order valence-corrected chi connectivity index (χ3v) is 3.85. The molecule has 0 atom stereocenters. The van der Waals surface area contributed by atoms with Gasteiger partial charge in [-0.25, -0.2) is 4.98 Å². The maximum atomic E-state index is 11.0. The van der Waals surface area contributed by atoms with Crippen molar-refractivity contribution in [2.24, 2.45) is 5.92 Å². The Labute approximate surface area is 117 Å². The minimum absolute atomic E-state index is 0.0164. The molecule has 1 aliphatic rings. The Kier molecular flexibility index (Phi) is 4.58. The van der Waals surface area contributed by atoms with Crippen LogP contribution in [0.1, 0.15) is 32.1 Å². The van der Waals surface area contributed by atoms with E-state index in [9.17, 15) is 10.1 Å². The number of hydrogen-bond donors (Lipinski definition) is 0. The van der Waals surface area contributed by atoms with Gasteiger partial charge < -0.3 is 4.90 Å². The second-order valence-electron chi connectivity index (χ2n) is 5.12. The molecule has 6 heteroatoms. The summed E-state index contributed by atoms with van der Waals surface area (Å²) in [6.45, 7) is 0.800. The smallest absolute Gasteiger partial charge is 0.311 e. The monoisotopic (exact) mass is 283 g/mol. The van der Waals surface area contributed by atoms with Gasteiger partial charge in [0.1, 0.15) is 5.15 Å². The van der Waals surface area contributed by atoms with Crippen molar-refractivity contribution in [2.75, 3.05) is 18.5 Å². The lowest BCUT2D eigenvalue weighted by Crippen LogP contribution is -2.28. The highest BCUT2D eigenvalue weighted by Gasteiger charge is 2.22. The van der Waals surface area contributed by atoms with E-state index in [1.54, 1.807) is 0 Å². The van der Waals surface area contributed by atoms with Crippen molar-refractivity contribution in [3.05, 3.63) is 27.4 Å². The van der Waals surface area contributed by atoms with Gasteiger partial charge in [-0.2, -0.15) is 0 Å². The van der Waals surface area contributed by atoms with Gasteiger partial charge in [0.15, 0.2) is 0 Å². The Bertz CT molecular complexity index is 461. The SMILES string of the molecule is CN(CC1CCCCC1)c1nc(Cl)ccc1[N+](=O)[O-]. The second kappa shape index (κ2) is 6.19. The van der Waals surface area contributed by atoms with E-state index in [1.807, 2.05) is 11.9 Å². The molecule has 0 unspecified atom stereocenters. The van der Waals surface area contributed by atoms with Crippen LogP contribution in [-0.2, 0) is 0 Å². The number of hydrogen-bond acceptors (Lipinski definition) is 4. The number of rotatable bonds is 4. The lowest BCUT2D eigenvalue weighted by atomic mass is 9.89. The van der Waals surface area contributed by atoms with Gasteiger partial charge in [-0.15, -0.1) is 0 Å². The molecule has 5 nitrogen and oxygen atoms in total. The third kappa shape index (κ3) is 3.56. The molecule has 1 aliphatic carbocycles. The van der Waals surface area contributed by atoms with Crippen LogP contribution in [0.3, 0.4) is 0 Å². The molecule has 1 fully saturated rings. The first-order chi connectivity index (χ1) is 9.08. The molecule has 19 heavy (non-hydrogen) atoms. The van der Waals surface area contributed by atoms with E-state index >= 15 is 0 Å². The molecule has 1 heterocycles. The van der Waals surface area contributed by atoms with Crippen molar-refractivity contribution in [1.82, 2.24) is 4.98 Å². The van der Waals surface area contributed by atoms with Crippen LogP contribution in [0, 0.1) is 16.0 Å². The molecular weight excluding hydrogens is 266 g/mol. The zero-order chi connectivity index (χ0) is 13.8. The highest BCUT2D eigenvalue weighted by Crippen LogP contribution is 2.30. The standard InChI is InChI=1S/C13H18ClN3O2/c1-16(9-10-5-3-2-4-6-10)13-11(17(18)19)7-8-12(14)15-13/h7-8,10H,2-6,9H2,1H3. The lowest BCUT2D eigenvalue weighted by Gasteiger charge is -2.27. The van der Waals surface area contributed by atoms with E-state index in [1.165, 1.54) is 44.2 Å². The molecule has 0 saturated heterocycles. The average Bonchev–Trinajstić information content (AvgIpc) is 2.39. The van der Waals surface area contributed by atoms with Crippen molar-refractivity contribution in [1.29, 1.82) is 0 Å². The Hall–Kier alpha value is -1.36. The summed E-state index contributed by atoms with van der Waals surface area (Å²) in [5, 5.41) is 11.3. The van der Waals surface area contributed by atoms with E-state index in [0.717, 1.165) is 6.54 Å². The Morgan fingerprint density at radius 3 is 2.74 bits per heavy atom. The number of aromatic nitrogens is 1. The zero-order valence-corrected chi connectivity index (χ0v) is 11.8. The number of nitrogens with zero attached hydrogens (tertiary/aromatic N) is 3. The van der Waals surface area contributed by atoms with Crippen molar-refractivity contribution >= 4 is 23.1 Å². The highest BCUT2D eigenvalue weighted by molar-refractivity contribution is 6.29. The molecule has 2 rings (SSSR count). The third-order valence-electron chi connectivity index (χ3n) is 3.64. The van der Waals surface area contributed by atoms with Crippen molar-refractivity contribution in [3.63, 3.8) is 0 Å². The van der Waals surface area contributed by atoms with Gasteiger partial charge in [-0.05, 0) is 24.8 Å². The van der Waals surface area contributed by atoms with Crippen molar-refractivity contribution in [2.45, 2.75) is 32.1 Å². The van der Waals surface area contributed by atoms with Gasteiger partial charge in [0.2, 0.25) is 5.82 Å². The predicted molar refractivity (Wildman–Crippen MR) is 75.7 cm³/mol. The second-order valence-corrected chi connectivity index (χ2v) is 5.51. The Balaban J connectivity index is 2.14. The van der Waals surface area contributed by atoms with E-state index in [4.69, 9.17) is 11.6 Å².